The average Bonchev–Trinajstić information content (AvgIpc) is 2.86. The van der Waals surface area contributed by atoms with E-state index in [2.05, 4.69) is 96.6 Å². The zero-order chi connectivity index (χ0) is 16.4. The van der Waals surface area contributed by atoms with Gasteiger partial charge in [0.05, 0.1) is 8.07 Å². The second kappa shape index (κ2) is 5.79. The van der Waals surface area contributed by atoms with Gasteiger partial charge in [-0.1, -0.05) is 19.6 Å². The number of hydrogen-bond acceptors (Lipinski definition) is 2. The standard InChI is InChI=1S/C16H20I2S2Si2/c1-21(2,3)15-13(17)9-7-12-10(8-11(9)19-15)14(18)16(20-12)22(4,5)6/h7-8H,1-6H3/q-1. The molecule has 6 heteroatoms. The molecule has 0 aliphatic heterocycles. The van der Waals surface area contributed by atoms with E-state index in [1.54, 1.807) is 9.00 Å². The van der Waals surface area contributed by atoms with E-state index in [0.717, 1.165) is 0 Å². The molecule has 0 nitrogen and oxygen atoms in total. The Morgan fingerprint density at radius 3 is 1.86 bits per heavy atom. The van der Waals surface area contributed by atoms with Crippen LogP contribution in [-0.2, 0) is 0 Å². The molecule has 119 valence electrons. The van der Waals surface area contributed by atoms with Crippen LogP contribution in [0.2, 0.25) is 39.3 Å². The lowest BCUT2D eigenvalue weighted by atomic mass is 10.2. The van der Waals surface area contributed by atoms with Crippen LogP contribution in [0.3, 0.4) is 0 Å². The lowest BCUT2D eigenvalue weighted by molar-refractivity contribution is 1.77. The predicted molar refractivity (Wildman–Crippen MR) is 129 cm³/mol. The van der Waals surface area contributed by atoms with Gasteiger partial charge in [0.1, 0.15) is 0 Å². The predicted octanol–water partition coefficient (Wildman–Crippen LogP) is 6.42. The third-order valence-electron chi connectivity index (χ3n) is 3.74. The van der Waals surface area contributed by atoms with Crippen molar-refractivity contribution in [1.29, 1.82) is 0 Å². The maximum atomic E-state index is 2.58. The second-order valence-corrected chi connectivity index (χ2v) is 22.8. The first-order chi connectivity index (χ1) is 10.00. The SMILES string of the molecule is C[Si](C)(C)c1sc2cc3c(I)c([Si-](C)(C)C)sc3cc2c1I. The van der Waals surface area contributed by atoms with E-state index in [0.29, 0.717) is 0 Å². The Morgan fingerprint density at radius 2 is 1.36 bits per heavy atom. The quantitative estimate of drug-likeness (QED) is 0.241. The van der Waals surface area contributed by atoms with Crippen LogP contribution < -0.4 is 9.00 Å². The highest BCUT2D eigenvalue weighted by Gasteiger charge is 2.24. The first-order valence-corrected chi connectivity index (χ1v) is 18.1. The molecule has 0 aliphatic carbocycles. The molecule has 0 spiro atoms. The van der Waals surface area contributed by atoms with E-state index in [9.17, 15) is 0 Å². The molecule has 0 unspecified atom stereocenters. The van der Waals surface area contributed by atoms with E-state index in [1.165, 1.54) is 27.3 Å². The van der Waals surface area contributed by atoms with Crippen LogP contribution in [0.5, 0.6) is 0 Å². The normalized spacial score (nSPS) is 13.5. The first kappa shape index (κ1) is 17.8. The van der Waals surface area contributed by atoms with Crippen molar-refractivity contribution in [2.24, 2.45) is 0 Å². The van der Waals surface area contributed by atoms with E-state index in [4.69, 9.17) is 0 Å². The number of halogens is 2. The summed E-state index contributed by atoms with van der Waals surface area (Å²) < 4.78 is 9.29. The highest BCUT2D eigenvalue weighted by Crippen LogP contribution is 2.36. The molecular formula is C16H20I2S2Si2-. The minimum Gasteiger partial charge on any atom is -0.177 e. The van der Waals surface area contributed by atoms with Crippen LogP contribution >= 0.6 is 67.9 Å². The third-order valence-corrected chi connectivity index (χ3v) is 17.2. The molecule has 1 aromatic carbocycles. The van der Waals surface area contributed by atoms with Gasteiger partial charge < -0.3 is 0 Å². The fraction of sp³-hybridized carbons (Fsp3) is 0.375. The van der Waals surface area contributed by atoms with Crippen molar-refractivity contribution in [3.05, 3.63) is 19.3 Å². The molecule has 3 rings (SSSR count). The third kappa shape index (κ3) is 3.00. The lowest BCUT2D eigenvalue weighted by Crippen LogP contribution is -2.36. The first-order valence-electron chi connectivity index (χ1n) is 7.35. The minimum absolute atomic E-state index is 1.25. The Kier molecular flexibility index (Phi) is 4.70. The van der Waals surface area contributed by atoms with Crippen molar-refractivity contribution in [3.63, 3.8) is 0 Å². The van der Waals surface area contributed by atoms with Gasteiger partial charge in [0.25, 0.3) is 0 Å². The van der Waals surface area contributed by atoms with Gasteiger partial charge >= 0.3 is 0 Å². The highest BCUT2D eigenvalue weighted by atomic mass is 127. The van der Waals surface area contributed by atoms with Crippen molar-refractivity contribution in [1.82, 2.24) is 0 Å². The van der Waals surface area contributed by atoms with Crippen molar-refractivity contribution in [2.45, 2.75) is 39.3 Å². The molecule has 0 fully saturated rings. The number of benzene rings is 1. The van der Waals surface area contributed by atoms with Gasteiger partial charge in [-0.3, -0.25) is 0 Å². The maximum Gasteiger partial charge on any atom is 0.0918 e. The molecule has 0 atom stereocenters. The smallest absolute Gasteiger partial charge is 0.0918 e. The Morgan fingerprint density at radius 1 is 0.864 bits per heavy atom. The number of hydrogen-bond donors (Lipinski definition) is 0. The monoisotopic (exact) mass is 586 g/mol. The Bertz CT molecular complexity index is 805. The molecule has 0 bridgehead atoms. The molecule has 0 radical (unpaired) electrons. The summed E-state index contributed by atoms with van der Waals surface area (Å²) in [5.74, 6) is 0. The largest absolute Gasteiger partial charge is 0.177 e. The summed E-state index contributed by atoms with van der Waals surface area (Å²) in [7, 11) is -2.50. The Labute approximate surface area is 170 Å². The van der Waals surface area contributed by atoms with Crippen molar-refractivity contribution >= 4 is 113 Å². The van der Waals surface area contributed by atoms with Crippen LogP contribution in [-0.4, -0.2) is 16.1 Å². The van der Waals surface area contributed by atoms with Gasteiger partial charge in [-0.25, -0.2) is 0 Å². The van der Waals surface area contributed by atoms with Crippen molar-refractivity contribution in [3.8, 4) is 0 Å². The van der Waals surface area contributed by atoms with Gasteiger partial charge in [-0.2, -0.15) is 31.0 Å². The maximum absolute atomic E-state index is 2.58. The van der Waals surface area contributed by atoms with Gasteiger partial charge in [-0.15, -0.1) is 23.9 Å². The van der Waals surface area contributed by atoms with E-state index in [1.807, 2.05) is 22.7 Å². The summed E-state index contributed by atoms with van der Waals surface area (Å²) in [5.41, 5.74) is 0. The molecule has 0 aliphatic rings. The van der Waals surface area contributed by atoms with E-state index in [-0.39, 0.29) is 0 Å². The summed E-state index contributed by atoms with van der Waals surface area (Å²) in [6.45, 7) is 14.7. The highest BCUT2D eigenvalue weighted by molar-refractivity contribution is 14.1. The van der Waals surface area contributed by atoms with Crippen LogP contribution in [0.15, 0.2) is 12.1 Å². The molecule has 0 amide bonds. The van der Waals surface area contributed by atoms with E-state index >= 15 is 0 Å². The van der Waals surface area contributed by atoms with Crippen molar-refractivity contribution < 1.29 is 0 Å². The van der Waals surface area contributed by atoms with Gasteiger partial charge in [0.15, 0.2) is 0 Å². The van der Waals surface area contributed by atoms with E-state index < -0.39 is 16.1 Å². The zero-order valence-electron chi connectivity index (χ0n) is 13.7. The summed E-state index contributed by atoms with van der Waals surface area (Å²) in [6, 6.07) is 4.92. The molecule has 22 heavy (non-hydrogen) atoms. The molecule has 3 aromatic rings. The van der Waals surface area contributed by atoms with Gasteiger partial charge in [0, 0.05) is 31.8 Å². The fourth-order valence-corrected chi connectivity index (χ4v) is 15.8. The van der Waals surface area contributed by atoms with Crippen LogP contribution in [0.1, 0.15) is 0 Å². The minimum atomic E-state index is -1.25. The second-order valence-electron chi connectivity index (χ2n) is 7.83. The summed E-state index contributed by atoms with van der Waals surface area (Å²) in [6.07, 6.45) is 0. The number of thiophene rings is 2. The Hall–Kier alpha value is 1.03. The van der Waals surface area contributed by atoms with Crippen molar-refractivity contribution in [2.75, 3.05) is 0 Å². The topological polar surface area (TPSA) is 0 Å². The molecule has 0 N–H and O–H groups in total. The summed E-state index contributed by atoms with van der Waals surface area (Å²) in [5, 5.41) is 2.96. The van der Waals surface area contributed by atoms with Crippen LogP contribution in [0.4, 0.5) is 0 Å². The zero-order valence-corrected chi connectivity index (χ0v) is 21.7. The number of fused-ring (bicyclic) bond motifs is 2. The van der Waals surface area contributed by atoms with Gasteiger partial charge in [-0.05, 0) is 57.3 Å². The molecule has 0 saturated carbocycles. The van der Waals surface area contributed by atoms with Gasteiger partial charge in [0.2, 0.25) is 0 Å². The fourth-order valence-electron chi connectivity index (χ4n) is 2.59. The Balaban J connectivity index is 2.34. The molecule has 2 heterocycles. The molecular weight excluding hydrogens is 566 g/mol. The molecule has 0 saturated heterocycles. The number of rotatable bonds is 2. The molecule has 2 aromatic heterocycles. The summed E-state index contributed by atoms with van der Waals surface area (Å²) in [4.78, 5) is 0. The lowest BCUT2D eigenvalue weighted by Gasteiger charge is -2.27. The van der Waals surface area contributed by atoms with Crippen LogP contribution in [0.25, 0.3) is 20.2 Å². The summed E-state index contributed by atoms with van der Waals surface area (Å²) >= 11 is 9.24. The average molecular weight is 586 g/mol. The van der Waals surface area contributed by atoms with Crippen LogP contribution in [0, 0.1) is 7.14 Å².